The van der Waals surface area contributed by atoms with Gasteiger partial charge >= 0.3 is 0 Å². The van der Waals surface area contributed by atoms with Crippen LogP contribution in [0.2, 0.25) is 0 Å². The molecule has 3 N–H and O–H groups in total. The smallest absolute Gasteiger partial charge is 0.119 e. The van der Waals surface area contributed by atoms with Gasteiger partial charge in [-0.3, -0.25) is 0 Å². The van der Waals surface area contributed by atoms with Crippen molar-refractivity contribution in [3.8, 4) is 11.5 Å². The Bertz CT molecular complexity index is 666. The predicted octanol–water partition coefficient (Wildman–Crippen LogP) is 2.20. The zero-order chi connectivity index (χ0) is 18.4. The molecule has 26 heavy (non-hydrogen) atoms. The average Bonchev–Trinajstić information content (AvgIpc) is 2.64. The summed E-state index contributed by atoms with van der Waals surface area (Å²) in [6.45, 7) is 2.26. The van der Waals surface area contributed by atoms with E-state index in [1.165, 1.54) is 0 Å². The second kappa shape index (κ2) is 8.54. The Kier molecular flexibility index (Phi) is 6.14. The first kappa shape index (κ1) is 18.7. The number of benzene rings is 2. The van der Waals surface area contributed by atoms with Crippen LogP contribution < -0.4 is 4.74 Å². The molecule has 0 aliphatic carbocycles. The Labute approximate surface area is 154 Å². The van der Waals surface area contributed by atoms with Gasteiger partial charge in [0.1, 0.15) is 24.2 Å². The van der Waals surface area contributed by atoms with Crippen LogP contribution in [0.1, 0.15) is 18.4 Å². The van der Waals surface area contributed by atoms with E-state index in [0.717, 1.165) is 18.7 Å². The average molecular weight is 357 g/mol. The van der Waals surface area contributed by atoms with Crippen molar-refractivity contribution >= 4 is 0 Å². The summed E-state index contributed by atoms with van der Waals surface area (Å²) >= 11 is 0. The highest BCUT2D eigenvalue weighted by molar-refractivity contribution is 5.30. The van der Waals surface area contributed by atoms with Crippen molar-refractivity contribution in [1.29, 1.82) is 0 Å². The maximum Gasteiger partial charge on any atom is 0.119 e. The summed E-state index contributed by atoms with van der Waals surface area (Å²) in [6.07, 6.45) is 1.49. The van der Waals surface area contributed by atoms with Crippen molar-refractivity contribution < 1.29 is 20.1 Å². The Morgan fingerprint density at radius 1 is 1.00 bits per heavy atom. The molecule has 5 nitrogen and oxygen atoms in total. The summed E-state index contributed by atoms with van der Waals surface area (Å²) in [7, 11) is 0. The fourth-order valence-corrected chi connectivity index (χ4v) is 3.39. The van der Waals surface area contributed by atoms with Gasteiger partial charge in [-0.05, 0) is 42.7 Å². The predicted molar refractivity (Wildman–Crippen MR) is 100 cm³/mol. The van der Waals surface area contributed by atoms with E-state index in [4.69, 9.17) is 4.74 Å². The number of β-amino-alcohol motifs (C(OH)–C–C–N with tert-alkyl or cyclic N) is 1. The molecule has 0 bridgehead atoms. The lowest BCUT2D eigenvalue weighted by Gasteiger charge is -2.39. The number of hydrogen-bond acceptors (Lipinski definition) is 5. The number of nitrogens with zero attached hydrogens (tertiary/aromatic N) is 1. The summed E-state index contributed by atoms with van der Waals surface area (Å²) < 4.78 is 5.55. The molecule has 1 saturated heterocycles. The lowest BCUT2D eigenvalue weighted by atomic mass is 9.85. The van der Waals surface area contributed by atoms with Gasteiger partial charge in [0.2, 0.25) is 0 Å². The molecular formula is C21H27NO4. The number of piperidine rings is 1. The molecule has 1 aliphatic rings. The van der Waals surface area contributed by atoms with Crippen LogP contribution >= 0.6 is 0 Å². The van der Waals surface area contributed by atoms with E-state index < -0.39 is 11.7 Å². The fourth-order valence-electron chi connectivity index (χ4n) is 3.39. The third-order valence-electron chi connectivity index (χ3n) is 4.91. The summed E-state index contributed by atoms with van der Waals surface area (Å²) in [5, 5.41) is 30.3. The number of likely N-dealkylation sites (tertiary alicyclic amines) is 1. The van der Waals surface area contributed by atoms with Crippen molar-refractivity contribution in [2.45, 2.75) is 31.0 Å². The lowest BCUT2D eigenvalue weighted by Crippen LogP contribution is -2.48. The minimum Gasteiger partial charge on any atom is -0.508 e. The first-order valence-electron chi connectivity index (χ1n) is 9.11. The van der Waals surface area contributed by atoms with E-state index >= 15 is 0 Å². The third-order valence-corrected chi connectivity index (χ3v) is 4.91. The minimum absolute atomic E-state index is 0.189. The third kappa shape index (κ3) is 5.46. The SMILES string of the molecule is Oc1ccc(OC[C@H](O)CN2CCC(O)(Cc3ccccc3)CC2)cc1. The zero-order valence-corrected chi connectivity index (χ0v) is 14.9. The van der Waals surface area contributed by atoms with E-state index in [9.17, 15) is 15.3 Å². The highest BCUT2D eigenvalue weighted by Crippen LogP contribution is 2.26. The number of aliphatic hydroxyl groups is 2. The molecule has 1 aliphatic heterocycles. The van der Waals surface area contributed by atoms with Crippen LogP contribution in [0.5, 0.6) is 11.5 Å². The number of aromatic hydroxyl groups is 1. The van der Waals surface area contributed by atoms with E-state index in [1.54, 1.807) is 24.3 Å². The van der Waals surface area contributed by atoms with Crippen LogP contribution in [0.3, 0.4) is 0 Å². The number of ether oxygens (including phenoxy) is 1. The number of hydrogen-bond donors (Lipinski definition) is 3. The normalized spacial score (nSPS) is 18.4. The first-order chi connectivity index (χ1) is 12.5. The van der Waals surface area contributed by atoms with Gasteiger partial charge in [-0.15, -0.1) is 0 Å². The molecule has 2 aromatic rings. The van der Waals surface area contributed by atoms with E-state index in [1.807, 2.05) is 18.2 Å². The molecule has 0 radical (unpaired) electrons. The lowest BCUT2D eigenvalue weighted by molar-refractivity contribution is -0.0325. The number of phenols is 1. The summed E-state index contributed by atoms with van der Waals surface area (Å²) in [5.74, 6) is 0.812. The van der Waals surface area contributed by atoms with Crippen molar-refractivity contribution in [3.63, 3.8) is 0 Å². The molecule has 1 atom stereocenters. The molecule has 1 fully saturated rings. The van der Waals surface area contributed by atoms with Crippen molar-refractivity contribution in [3.05, 3.63) is 60.2 Å². The maximum absolute atomic E-state index is 10.8. The van der Waals surface area contributed by atoms with Crippen LogP contribution in [0, 0.1) is 0 Å². The second-order valence-corrected chi connectivity index (χ2v) is 7.15. The van der Waals surface area contributed by atoms with Gasteiger partial charge in [-0.2, -0.15) is 0 Å². The van der Waals surface area contributed by atoms with Gasteiger partial charge in [0.05, 0.1) is 5.60 Å². The highest BCUT2D eigenvalue weighted by Gasteiger charge is 2.32. The molecule has 0 unspecified atom stereocenters. The molecule has 0 spiro atoms. The number of phenolic OH excluding ortho intramolecular Hbond substituents is 1. The van der Waals surface area contributed by atoms with E-state index in [2.05, 4.69) is 17.0 Å². The highest BCUT2D eigenvalue weighted by atomic mass is 16.5. The zero-order valence-electron chi connectivity index (χ0n) is 14.9. The van der Waals surface area contributed by atoms with Gasteiger partial charge in [-0.25, -0.2) is 0 Å². The van der Waals surface area contributed by atoms with Crippen LogP contribution in [-0.4, -0.2) is 58.2 Å². The van der Waals surface area contributed by atoms with E-state index in [0.29, 0.717) is 31.6 Å². The topological polar surface area (TPSA) is 73.2 Å². The van der Waals surface area contributed by atoms with Gasteiger partial charge < -0.3 is 25.0 Å². The summed E-state index contributed by atoms with van der Waals surface area (Å²) in [6, 6.07) is 16.5. The Balaban J connectivity index is 1.41. The number of aliphatic hydroxyl groups excluding tert-OH is 1. The molecule has 5 heteroatoms. The molecule has 3 rings (SSSR count). The minimum atomic E-state index is -0.661. The standard InChI is InChI=1S/C21H27NO4/c23-18-6-8-20(9-7-18)26-16-19(24)15-22-12-10-21(25,11-13-22)14-17-4-2-1-3-5-17/h1-9,19,23-25H,10-16H2/t19-/m1/s1. The van der Waals surface area contributed by atoms with Gasteiger partial charge in [0.15, 0.2) is 0 Å². The van der Waals surface area contributed by atoms with Crippen molar-refractivity contribution in [1.82, 2.24) is 4.90 Å². The van der Waals surface area contributed by atoms with Gasteiger partial charge in [-0.1, -0.05) is 30.3 Å². The van der Waals surface area contributed by atoms with E-state index in [-0.39, 0.29) is 12.4 Å². The van der Waals surface area contributed by atoms with Crippen LogP contribution in [-0.2, 0) is 6.42 Å². The Morgan fingerprint density at radius 3 is 2.31 bits per heavy atom. The Morgan fingerprint density at radius 2 is 1.65 bits per heavy atom. The fraction of sp³-hybridized carbons (Fsp3) is 0.429. The van der Waals surface area contributed by atoms with Crippen LogP contribution in [0.25, 0.3) is 0 Å². The largest absolute Gasteiger partial charge is 0.508 e. The van der Waals surface area contributed by atoms with Gasteiger partial charge in [0.25, 0.3) is 0 Å². The molecule has 0 saturated carbocycles. The maximum atomic E-state index is 10.8. The monoisotopic (exact) mass is 357 g/mol. The van der Waals surface area contributed by atoms with Crippen LogP contribution in [0.4, 0.5) is 0 Å². The molecule has 140 valence electrons. The second-order valence-electron chi connectivity index (χ2n) is 7.15. The van der Waals surface area contributed by atoms with Crippen molar-refractivity contribution in [2.75, 3.05) is 26.2 Å². The number of rotatable bonds is 7. The molecule has 0 aromatic heterocycles. The quantitative estimate of drug-likeness (QED) is 0.708. The van der Waals surface area contributed by atoms with Gasteiger partial charge in [0, 0.05) is 26.1 Å². The molecular weight excluding hydrogens is 330 g/mol. The molecule has 0 amide bonds. The molecule has 1 heterocycles. The van der Waals surface area contributed by atoms with Crippen LogP contribution in [0.15, 0.2) is 54.6 Å². The summed E-state index contributed by atoms with van der Waals surface area (Å²) in [5.41, 5.74) is 0.497. The van der Waals surface area contributed by atoms with Crippen molar-refractivity contribution in [2.24, 2.45) is 0 Å². The Hall–Kier alpha value is -2.08. The molecule has 2 aromatic carbocycles. The first-order valence-corrected chi connectivity index (χ1v) is 9.11. The summed E-state index contributed by atoms with van der Waals surface area (Å²) in [4.78, 5) is 2.17.